The first-order valence-electron chi connectivity index (χ1n) is 7.47. The van der Waals surface area contributed by atoms with E-state index in [0.29, 0.717) is 5.92 Å². The summed E-state index contributed by atoms with van der Waals surface area (Å²) in [5, 5.41) is 0. The molecule has 0 saturated carbocycles. The lowest BCUT2D eigenvalue weighted by Gasteiger charge is -2.28. The largest absolute Gasteiger partial charge is 0.334 e. The van der Waals surface area contributed by atoms with Gasteiger partial charge >= 0.3 is 0 Å². The molecule has 18 heavy (non-hydrogen) atoms. The van der Waals surface area contributed by atoms with Gasteiger partial charge < -0.3 is 9.47 Å². The van der Waals surface area contributed by atoms with Gasteiger partial charge in [0.1, 0.15) is 5.82 Å². The van der Waals surface area contributed by atoms with Gasteiger partial charge in [-0.05, 0) is 58.2 Å². The Morgan fingerprint density at radius 1 is 1.22 bits per heavy atom. The summed E-state index contributed by atoms with van der Waals surface area (Å²) in [5.41, 5.74) is 1.34. The number of aryl methyl sites for hydroxylation is 1. The maximum atomic E-state index is 4.89. The van der Waals surface area contributed by atoms with Crippen molar-refractivity contribution in [2.24, 2.45) is 5.92 Å². The Labute approximate surface area is 110 Å². The van der Waals surface area contributed by atoms with E-state index in [1.54, 1.807) is 0 Å². The molecule has 1 saturated heterocycles. The Balaban J connectivity index is 1.66. The van der Waals surface area contributed by atoms with Crippen LogP contribution in [0, 0.1) is 5.92 Å². The molecule has 0 radical (unpaired) electrons. The molecule has 1 aromatic rings. The Kier molecular flexibility index (Phi) is 3.42. The molecule has 0 N–H and O–H groups in total. The Hall–Kier alpha value is -0.830. The number of hydrogen-bond donors (Lipinski definition) is 0. The zero-order chi connectivity index (χ0) is 12.5. The van der Waals surface area contributed by atoms with Crippen LogP contribution < -0.4 is 0 Å². The standard InChI is InChI=1S/C15H25N3/c1-12-4-3-7-18-11-14(16-15(12)18)10-13-5-8-17(2)9-6-13/h11-13H,3-10H2,1-2H3. The molecule has 0 bridgehead atoms. The molecule has 100 valence electrons. The number of hydrogen-bond acceptors (Lipinski definition) is 2. The molecule has 1 unspecified atom stereocenters. The number of nitrogens with zero attached hydrogens (tertiary/aromatic N) is 3. The lowest BCUT2D eigenvalue weighted by Crippen LogP contribution is -2.31. The summed E-state index contributed by atoms with van der Waals surface area (Å²) in [6.45, 7) is 6.01. The Morgan fingerprint density at radius 2 is 2.00 bits per heavy atom. The summed E-state index contributed by atoms with van der Waals surface area (Å²) >= 11 is 0. The van der Waals surface area contributed by atoms with E-state index in [1.165, 1.54) is 63.3 Å². The van der Waals surface area contributed by atoms with Crippen LogP contribution in [0.2, 0.25) is 0 Å². The number of fused-ring (bicyclic) bond motifs is 1. The van der Waals surface area contributed by atoms with Gasteiger partial charge in [0.2, 0.25) is 0 Å². The molecule has 2 aliphatic rings. The molecule has 0 aromatic carbocycles. The highest BCUT2D eigenvalue weighted by Crippen LogP contribution is 2.27. The van der Waals surface area contributed by atoms with Crippen molar-refractivity contribution in [3.8, 4) is 0 Å². The molecule has 3 rings (SSSR count). The quantitative estimate of drug-likeness (QED) is 0.801. The molecule has 3 heterocycles. The smallest absolute Gasteiger partial charge is 0.111 e. The third-order valence-electron chi connectivity index (χ3n) is 4.67. The van der Waals surface area contributed by atoms with Crippen molar-refractivity contribution in [1.82, 2.24) is 14.5 Å². The fraction of sp³-hybridized carbons (Fsp3) is 0.800. The summed E-state index contributed by atoms with van der Waals surface area (Å²) in [7, 11) is 2.23. The van der Waals surface area contributed by atoms with Crippen LogP contribution in [0.4, 0.5) is 0 Å². The van der Waals surface area contributed by atoms with E-state index in [4.69, 9.17) is 4.98 Å². The van der Waals surface area contributed by atoms with Gasteiger partial charge in [-0.25, -0.2) is 4.98 Å². The minimum absolute atomic E-state index is 0.657. The van der Waals surface area contributed by atoms with Crippen molar-refractivity contribution in [2.45, 2.75) is 51.5 Å². The number of likely N-dealkylation sites (tertiary alicyclic amines) is 1. The van der Waals surface area contributed by atoms with E-state index >= 15 is 0 Å². The summed E-state index contributed by atoms with van der Waals surface area (Å²) in [6.07, 6.45) is 8.83. The number of rotatable bonds is 2. The van der Waals surface area contributed by atoms with Gasteiger partial charge in [0.15, 0.2) is 0 Å². The van der Waals surface area contributed by atoms with Crippen LogP contribution in [0.25, 0.3) is 0 Å². The minimum atomic E-state index is 0.657. The van der Waals surface area contributed by atoms with Crippen molar-refractivity contribution in [3.63, 3.8) is 0 Å². The van der Waals surface area contributed by atoms with E-state index in [1.807, 2.05) is 0 Å². The number of aromatic nitrogens is 2. The highest BCUT2D eigenvalue weighted by Gasteiger charge is 2.22. The summed E-state index contributed by atoms with van der Waals surface area (Å²) in [5.74, 6) is 2.85. The second-order valence-corrected chi connectivity index (χ2v) is 6.28. The number of piperidine rings is 1. The molecule has 3 heteroatoms. The van der Waals surface area contributed by atoms with Gasteiger partial charge in [0.05, 0.1) is 5.69 Å². The summed E-state index contributed by atoms with van der Waals surface area (Å²) in [6, 6.07) is 0. The zero-order valence-electron chi connectivity index (χ0n) is 11.7. The molecular formula is C15H25N3. The third-order valence-corrected chi connectivity index (χ3v) is 4.67. The van der Waals surface area contributed by atoms with Crippen LogP contribution in [0.3, 0.4) is 0 Å². The van der Waals surface area contributed by atoms with Crippen LogP contribution in [0.1, 0.15) is 50.0 Å². The van der Waals surface area contributed by atoms with Gasteiger partial charge in [-0.3, -0.25) is 0 Å². The molecule has 0 aliphatic carbocycles. The maximum absolute atomic E-state index is 4.89. The average molecular weight is 247 g/mol. The Bertz CT molecular complexity index is 402. The van der Waals surface area contributed by atoms with Crippen LogP contribution >= 0.6 is 0 Å². The number of imidazole rings is 1. The van der Waals surface area contributed by atoms with Crippen molar-refractivity contribution < 1.29 is 0 Å². The SMILES string of the molecule is CC1CCCn2cc(CC3CCN(C)CC3)nc21. The predicted octanol–water partition coefficient (Wildman–Crippen LogP) is 2.66. The molecule has 0 spiro atoms. The molecule has 1 atom stereocenters. The van der Waals surface area contributed by atoms with Crippen molar-refractivity contribution >= 4 is 0 Å². The second-order valence-electron chi connectivity index (χ2n) is 6.28. The van der Waals surface area contributed by atoms with E-state index in [9.17, 15) is 0 Å². The zero-order valence-corrected chi connectivity index (χ0v) is 11.7. The lowest BCUT2D eigenvalue weighted by atomic mass is 9.93. The van der Waals surface area contributed by atoms with Gasteiger partial charge in [-0.2, -0.15) is 0 Å². The van der Waals surface area contributed by atoms with Gasteiger partial charge in [0, 0.05) is 18.7 Å². The van der Waals surface area contributed by atoms with Crippen LogP contribution in [0.15, 0.2) is 6.20 Å². The first-order valence-corrected chi connectivity index (χ1v) is 7.47. The lowest BCUT2D eigenvalue weighted by molar-refractivity contribution is 0.218. The van der Waals surface area contributed by atoms with Crippen molar-refractivity contribution in [3.05, 3.63) is 17.7 Å². The molecule has 3 nitrogen and oxygen atoms in total. The van der Waals surface area contributed by atoms with Crippen LogP contribution in [-0.4, -0.2) is 34.6 Å². The van der Waals surface area contributed by atoms with Crippen molar-refractivity contribution in [2.75, 3.05) is 20.1 Å². The topological polar surface area (TPSA) is 21.1 Å². The molecule has 1 aromatic heterocycles. The first-order chi connectivity index (χ1) is 8.72. The molecule has 2 aliphatic heterocycles. The van der Waals surface area contributed by atoms with Gasteiger partial charge in [-0.1, -0.05) is 6.92 Å². The fourth-order valence-corrected chi connectivity index (χ4v) is 3.42. The highest BCUT2D eigenvalue weighted by molar-refractivity contribution is 5.10. The fourth-order valence-electron chi connectivity index (χ4n) is 3.42. The van der Waals surface area contributed by atoms with Gasteiger partial charge in [-0.15, -0.1) is 0 Å². The maximum Gasteiger partial charge on any atom is 0.111 e. The van der Waals surface area contributed by atoms with Crippen LogP contribution in [-0.2, 0) is 13.0 Å². The summed E-state index contributed by atoms with van der Waals surface area (Å²) in [4.78, 5) is 7.34. The highest BCUT2D eigenvalue weighted by atomic mass is 15.1. The Morgan fingerprint density at radius 3 is 2.72 bits per heavy atom. The monoisotopic (exact) mass is 247 g/mol. The molecular weight excluding hydrogens is 222 g/mol. The van der Waals surface area contributed by atoms with E-state index in [2.05, 4.69) is 29.6 Å². The molecule has 1 fully saturated rings. The van der Waals surface area contributed by atoms with E-state index in [-0.39, 0.29) is 0 Å². The van der Waals surface area contributed by atoms with E-state index < -0.39 is 0 Å². The molecule has 0 amide bonds. The minimum Gasteiger partial charge on any atom is -0.334 e. The normalized spacial score (nSPS) is 26.2. The second kappa shape index (κ2) is 5.04. The average Bonchev–Trinajstić information content (AvgIpc) is 2.76. The van der Waals surface area contributed by atoms with Crippen molar-refractivity contribution in [1.29, 1.82) is 0 Å². The third kappa shape index (κ3) is 2.46. The van der Waals surface area contributed by atoms with E-state index in [0.717, 1.165) is 5.92 Å². The first kappa shape index (κ1) is 12.2. The predicted molar refractivity (Wildman–Crippen MR) is 73.8 cm³/mol. The van der Waals surface area contributed by atoms with Gasteiger partial charge in [0.25, 0.3) is 0 Å². The van der Waals surface area contributed by atoms with Crippen LogP contribution in [0.5, 0.6) is 0 Å². The summed E-state index contributed by atoms with van der Waals surface area (Å²) < 4.78 is 2.40.